The Morgan fingerprint density at radius 2 is 1.93 bits per heavy atom. The lowest BCUT2D eigenvalue weighted by Gasteiger charge is -2.42. The molecule has 1 aliphatic heterocycles. The third-order valence-corrected chi connectivity index (χ3v) is 6.30. The van der Waals surface area contributed by atoms with Crippen molar-refractivity contribution < 1.29 is 9.47 Å². The maximum absolute atomic E-state index is 6.78. The van der Waals surface area contributed by atoms with E-state index in [2.05, 4.69) is 53.1 Å². The number of benzene rings is 1. The van der Waals surface area contributed by atoms with Crippen LogP contribution in [-0.4, -0.2) is 54.7 Å². The monoisotopic (exact) mass is 395 g/mol. The fourth-order valence-corrected chi connectivity index (χ4v) is 4.90. The van der Waals surface area contributed by atoms with Gasteiger partial charge in [0.2, 0.25) is 0 Å². The molecule has 0 N–H and O–H groups in total. The van der Waals surface area contributed by atoms with Crippen molar-refractivity contribution in [1.29, 1.82) is 0 Å². The molecule has 1 aromatic carbocycles. The molecule has 0 radical (unpaired) electrons. The Balaban J connectivity index is 1.58. The molecule has 0 unspecified atom stereocenters. The van der Waals surface area contributed by atoms with Gasteiger partial charge in [0.25, 0.3) is 0 Å². The lowest BCUT2D eigenvalue weighted by atomic mass is 9.78. The summed E-state index contributed by atoms with van der Waals surface area (Å²) < 4.78 is 12.3. The average molecular weight is 396 g/mol. The van der Waals surface area contributed by atoms with E-state index in [0.29, 0.717) is 0 Å². The Kier molecular flexibility index (Phi) is 6.07. The van der Waals surface area contributed by atoms with Gasteiger partial charge in [0.15, 0.2) is 0 Å². The van der Waals surface area contributed by atoms with Crippen molar-refractivity contribution in [2.24, 2.45) is 5.92 Å². The van der Waals surface area contributed by atoms with Crippen LogP contribution in [-0.2, 0) is 13.1 Å². The Morgan fingerprint density at radius 3 is 2.62 bits per heavy atom. The fourth-order valence-electron chi connectivity index (χ4n) is 4.90. The molecule has 1 spiro atoms. The standard InChI is InChI=1S/C24H33N3O2/c1-26(2)15-19-6-10-24(11-7-19)18-27(16-20-8-12-25-13-9-20)17-21-14-22(28-3)4-5-23(21)29-24/h4-5,8-9,12-14,19H,6-7,10-11,15-18H2,1-3H3. The van der Waals surface area contributed by atoms with Crippen molar-refractivity contribution >= 4 is 0 Å². The van der Waals surface area contributed by atoms with Crippen LogP contribution in [0.1, 0.15) is 36.8 Å². The molecule has 0 atom stereocenters. The smallest absolute Gasteiger partial charge is 0.124 e. The third kappa shape index (κ3) is 4.90. The summed E-state index contributed by atoms with van der Waals surface area (Å²) in [6.07, 6.45) is 8.44. The van der Waals surface area contributed by atoms with Gasteiger partial charge in [-0.2, -0.15) is 0 Å². The van der Waals surface area contributed by atoms with Gasteiger partial charge in [-0.05, 0) is 81.6 Å². The van der Waals surface area contributed by atoms with Crippen LogP contribution in [0.2, 0.25) is 0 Å². The summed E-state index contributed by atoms with van der Waals surface area (Å²) in [4.78, 5) is 9.02. The van der Waals surface area contributed by atoms with E-state index in [1.54, 1.807) is 7.11 Å². The minimum atomic E-state index is -0.102. The zero-order chi connectivity index (χ0) is 20.3. The van der Waals surface area contributed by atoms with Crippen LogP contribution in [0, 0.1) is 5.92 Å². The average Bonchev–Trinajstić information content (AvgIpc) is 2.86. The van der Waals surface area contributed by atoms with E-state index >= 15 is 0 Å². The van der Waals surface area contributed by atoms with Crippen LogP contribution < -0.4 is 9.47 Å². The van der Waals surface area contributed by atoms with Crippen LogP contribution in [0.15, 0.2) is 42.7 Å². The highest BCUT2D eigenvalue weighted by molar-refractivity contribution is 5.41. The quantitative estimate of drug-likeness (QED) is 0.766. The van der Waals surface area contributed by atoms with Gasteiger partial charge in [-0.1, -0.05) is 0 Å². The number of pyridine rings is 1. The Labute approximate surface area is 174 Å². The van der Waals surface area contributed by atoms with Gasteiger partial charge in [0.05, 0.1) is 7.11 Å². The number of ether oxygens (including phenoxy) is 2. The van der Waals surface area contributed by atoms with E-state index in [9.17, 15) is 0 Å². The van der Waals surface area contributed by atoms with Crippen LogP contribution in [0.5, 0.6) is 11.5 Å². The summed E-state index contributed by atoms with van der Waals surface area (Å²) in [7, 11) is 6.07. The second-order valence-electron chi connectivity index (χ2n) is 8.96. The van der Waals surface area contributed by atoms with Crippen molar-refractivity contribution in [3.8, 4) is 11.5 Å². The molecule has 5 nitrogen and oxygen atoms in total. The molecule has 0 amide bonds. The van der Waals surface area contributed by atoms with Crippen molar-refractivity contribution in [3.05, 3.63) is 53.9 Å². The Morgan fingerprint density at radius 1 is 1.17 bits per heavy atom. The molecule has 0 saturated heterocycles. The van der Waals surface area contributed by atoms with E-state index in [-0.39, 0.29) is 5.60 Å². The summed E-state index contributed by atoms with van der Waals surface area (Å²) >= 11 is 0. The number of hydrogen-bond acceptors (Lipinski definition) is 5. The molecule has 2 aromatic rings. The highest BCUT2D eigenvalue weighted by Crippen LogP contribution is 2.41. The lowest BCUT2D eigenvalue weighted by molar-refractivity contribution is -0.0114. The zero-order valence-corrected chi connectivity index (χ0v) is 17.9. The molecular formula is C24H33N3O2. The minimum absolute atomic E-state index is 0.102. The largest absolute Gasteiger partial charge is 0.497 e. The second-order valence-corrected chi connectivity index (χ2v) is 8.96. The highest BCUT2D eigenvalue weighted by atomic mass is 16.5. The first kappa shape index (κ1) is 20.2. The Hall–Kier alpha value is -2.11. The molecule has 1 fully saturated rings. The zero-order valence-electron chi connectivity index (χ0n) is 17.9. The van der Waals surface area contributed by atoms with Gasteiger partial charge in [-0.25, -0.2) is 0 Å². The predicted molar refractivity (Wildman–Crippen MR) is 115 cm³/mol. The molecule has 1 aromatic heterocycles. The number of rotatable bonds is 5. The summed E-state index contributed by atoms with van der Waals surface area (Å²) in [5, 5.41) is 0. The van der Waals surface area contributed by atoms with E-state index in [0.717, 1.165) is 49.9 Å². The number of hydrogen-bond donors (Lipinski definition) is 0. The first-order chi connectivity index (χ1) is 14.0. The summed E-state index contributed by atoms with van der Waals surface area (Å²) in [5.41, 5.74) is 2.41. The van der Waals surface area contributed by atoms with Crippen LogP contribution >= 0.6 is 0 Å². The third-order valence-electron chi connectivity index (χ3n) is 6.30. The van der Waals surface area contributed by atoms with E-state index in [4.69, 9.17) is 9.47 Å². The number of aromatic nitrogens is 1. The second kappa shape index (κ2) is 8.72. The maximum Gasteiger partial charge on any atom is 0.124 e. The molecule has 29 heavy (non-hydrogen) atoms. The summed E-state index contributed by atoms with van der Waals surface area (Å²) in [6.45, 7) is 3.91. The Bertz CT molecular complexity index is 801. The fraction of sp³-hybridized carbons (Fsp3) is 0.542. The summed E-state index contributed by atoms with van der Waals surface area (Å²) in [6, 6.07) is 10.5. The van der Waals surface area contributed by atoms with Crippen molar-refractivity contribution in [1.82, 2.24) is 14.8 Å². The molecular weight excluding hydrogens is 362 g/mol. The van der Waals surface area contributed by atoms with Gasteiger partial charge >= 0.3 is 0 Å². The highest BCUT2D eigenvalue weighted by Gasteiger charge is 2.41. The number of fused-ring (bicyclic) bond motifs is 1. The van der Waals surface area contributed by atoms with Gasteiger partial charge < -0.3 is 14.4 Å². The minimum Gasteiger partial charge on any atom is -0.497 e. The van der Waals surface area contributed by atoms with Crippen LogP contribution in [0.4, 0.5) is 0 Å². The number of nitrogens with zero attached hydrogens (tertiary/aromatic N) is 3. The summed E-state index contributed by atoms with van der Waals surface area (Å²) in [5.74, 6) is 2.68. The normalized spacial score (nSPS) is 24.8. The molecule has 1 saturated carbocycles. The molecule has 1 aliphatic carbocycles. The van der Waals surface area contributed by atoms with Crippen molar-refractivity contribution in [2.45, 2.75) is 44.4 Å². The van der Waals surface area contributed by atoms with E-state index in [1.807, 2.05) is 18.5 Å². The van der Waals surface area contributed by atoms with Gasteiger partial charge in [-0.15, -0.1) is 0 Å². The SMILES string of the molecule is COc1ccc2c(c1)CN(Cc1ccncc1)CC1(CCC(CN(C)C)CC1)O2. The lowest BCUT2D eigenvalue weighted by Crippen LogP contribution is -2.48. The van der Waals surface area contributed by atoms with Gasteiger partial charge in [-0.3, -0.25) is 9.88 Å². The first-order valence-corrected chi connectivity index (χ1v) is 10.7. The molecule has 156 valence electrons. The van der Waals surface area contributed by atoms with E-state index < -0.39 is 0 Å². The molecule has 0 bridgehead atoms. The van der Waals surface area contributed by atoms with Gasteiger partial charge in [0.1, 0.15) is 17.1 Å². The topological polar surface area (TPSA) is 37.8 Å². The molecule has 2 heterocycles. The molecule has 2 aliphatic rings. The molecule has 4 rings (SSSR count). The predicted octanol–water partition coefficient (Wildman–Crippen LogP) is 3.98. The molecule has 5 heteroatoms. The van der Waals surface area contributed by atoms with Crippen molar-refractivity contribution in [2.75, 3.05) is 34.3 Å². The maximum atomic E-state index is 6.78. The van der Waals surface area contributed by atoms with Gasteiger partial charge in [0, 0.05) is 44.1 Å². The van der Waals surface area contributed by atoms with Crippen molar-refractivity contribution in [3.63, 3.8) is 0 Å². The number of methoxy groups -OCH3 is 1. The first-order valence-electron chi connectivity index (χ1n) is 10.7. The van der Waals surface area contributed by atoms with E-state index in [1.165, 1.54) is 30.5 Å². The van der Waals surface area contributed by atoms with Crippen LogP contribution in [0.3, 0.4) is 0 Å². The van der Waals surface area contributed by atoms with Crippen LogP contribution in [0.25, 0.3) is 0 Å².